The Labute approximate surface area is 142 Å². The third-order valence-electron chi connectivity index (χ3n) is 3.42. The van der Waals surface area contributed by atoms with Crippen LogP contribution in [0.4, 0.5) is 0 Å². The molecule has 4 nitrogen and oxygen atoms in total. The number of nitrogens with zero attached hydrogens (tertiary/aromatic N) is 2. The summed E-state index contributed by atoms with van der Waals surface area (Å²) in [4.78, 5) is 4.39. The molecule has 120 valence electrons. The fourth-order valence-corrected chi connectivity index (χ4v) is 2.42. The van der Waals surface area contributed by atoms with Gasteiger partial charge in [-0.05, 0) is 50.2 Å². The van der Waals surface area contributed by atoms with Gasteiger partial charge in [0.1, 0.15) is 17.9 Å². The van der Waals surface area contributed by atoms with Gasteiger partial charge < -0.3 is 10.1 Å². The second-order valence-electron chi connectivity index (χ2n) is 5.11. The predicted molar refractivity (Wildman–Crippen MR) is 91.6 cm³/mol. The maximum absolute atomic E-state index is 9.24. The summed E-state index contributed by atoms with van der Waals surface area (Å²) in [5.41, 5.74) is 1.33. The molecule has 23 heavy (non-hydrogen) atoms. The summed E-state index contributed by atoms with van der Waals surface area (Å²) in [5, 5.41) is 13.1. The van der Waals surface area contributed by atoms with Gasteiger partial charge >= 0.3 is 0 Å². The van der Waals surface area contributed by atoms with Crippen LogP contribution in [-0.4, -0.2) is 18.1 Å². The summed E-state index contributed by atoms with van der Waals surface area (Å²) in [7, 11) is 0. The highest BCUT2D eigenvalue weighted by Crippen LogP contribution is 2.29. The van der Waals surface area contributed by atoms with Crippen molar-refractivity contribution in [1.29, 1.82) is 5.26 Å². The second-order valence-corrected chi connectivity index (χ2v) is 5.55. The summed E-state index contributed by atoms with van der Waals surface area (Å²) in [6.07, 6.45) is 3.30. The van der Waals surface area contributed by atoms with E-state index in [9.17, 15) is 5.26 Å². The number of halogens is 1. The van der Waals surface area contributed by atoms with Crippen molar-refractivity contribution < 1.29 is 4.74 Å². The molecular formula is C18H20ClN3O. The minimum Gasteiger partial charge on any atom is -0.483 e. The highest BCUT2D eigenvalue weighted by molar-refractivity contribution is 6.30. The van der Waals surface area contributed by atoms with Crippen LogP contribution in [0, 0.1) is 11.3 Å². The lowest BCUT2D eigenvalue weighted by Crippen LogP contribution is -2.17. The average molecular weight is 330 g/mol. The van der Waals surface area contributed by atoms with Crippen LogP contribution in [0.3, 0.4) is 0 Å². The van der Waals surface area contributed by atoms with Crippen molar-refractivity contribution in [3.63, 3.8) is 0 Å². The quantitative estimate of drug-likeness (QED) is 0.740. The number of hydrogen-bond acceptors (Lipinski definition) is 4. The third kappa shape index (κ3) is 5.24. The topological polar surface area (TPSA) is 57.9 Å². The minimum atomic E-state index is -0.208. The molecule has 0 bridgehead atoms. The molecule has 0 saturated carbocycles. The fourth-order valence-electron chi connectivity index (χ4n) is 2.26. The number of rotatable bonds is 8. The molecule has 1 atom stereocenters. The van der Waals surface area contributed by atoms with Gasteiger partial charge in [0.2, 0.25) is 0 Å². The van der Waals surface area contributed by atoms with Crippen LogP contribution in [0.1, 0.15) is 37.1 Å². The van der Waals surface area contributed by atoms with Gasteiger partial charge in [-0.2, -0.15) is 5.26 Å². The van der Waals surface area contributed by atoms with E-state index in [1.165, 1.54) is 0 Å². The number of benzene rings is 1. The first-order valence-corrected chi connectivity index (χ1v) is 8.10. The number of nitrogens with one attached hydrogen (secondary N) is 1. The molecule has 1 heterocycles. The van der Waals surface area contributed by atoms with E-state index in [1.807, 2.05) is 18.2 Å². The van der Waals surface area contributed by atoms with Crippen LogP contribution < -0.4 is 10.1 Å². The molecule has 0 spiro atoms. The van der Waals surface area contributed by atoms with Crippen LogP contribution >= 0.6 is 11.6 Å². The number of ether oxygens (including phenoxy) is 1. The molecule has 2 aromatic rings. The average Bonchev–Trinajstić information content (AvgIpc) is 2.58. The monoisotopic (exact) mass is 329 g/mol. The normalized spacial score (nSPS) is 11.7. The van der Waals surface area contributed by atoms with Gasteiger partial charge in [-0.25, -0.2) is 0 Å². The van der Waals surface area contributed by atoms with Gasteiger partial charge in [-0.1, -0.05) is 24.6 Å². The van der Waals surface area contributed by atoms with E-state index < -0.39 is 0 Å². The number of pyridine rings is 1. The Morgan fingerprint density at radius 1 is 1.35 bits per heavy atom. The standard InChI is InChI=1S/C18H20ClN3O/c1-2-21-10-5-7-17(16-6-3-4-11-22-16)23-18-12-15(19)9-8-14(18)13-20/h3-4,6,8-9,11-12,17,21H,2,5,7,10H2,1H3. The van der Waals surface area contributed by atoms with E-state index in [0.717, 1.165) is 31.6 Å². The molecule has 0 aliphatic rings. The van der Waals surface area contributed by atoms with Crippen molar-refractivity contribution in [3.8, 4) is 11.8 Å². The number of aromatic nitrogens is 1. The molecule has 1 unspecified atom stereocenters. The summed E-state index contributed by atoms with van der Waals surface area (Å²) in [5.74, 6) is 0.499. The first-order chi connectivity index (χ1) is 11.2. The summed E-state index contributed by atoms with van der Waals surface area (Å²) in [6.45, 7) is 3.95. The van der Waals surface area contributed by atoms with Crippen molar-refractivity contribution in [2.75, 3.05) is 13.1 Å². The maximum Gasteiger partial charge on any atom is 0.141 e. The van der Waals surface area contributed by atoms with Crippen molar-refractivity contribution in [2.24, 2.45) is 0 Å². The molecular weight excluding hydrogens is 310 g/mol. The first-order valence-electron chi connectivity index (χ1n) is 7.72. The van der Waals surface area contributed by atoms with Crippen LogP contribution in [0.15, 0.2) is 42.6 Å². The molecule has 1 aromatic heterocycles. The zero-order valence-corrected chi connectivity index (χ0v) is 13.9. The zero-order valence-electron chi connectivity index (χ0n) is 13.1. The van der Waals surface area contributed by atoms with E-state index in [-0.39, 0.29) is 6.10 Å². The third-order valence-corrected chi connectivity index (χ3v) is 3.66. The highest BCUT2D eigenvalue weighted by atomic mass is 35.5. The molecule has 0 fully saturated rings. The molecule has 1 N–H and O–H groups in total. The van der Waals surface area contributed by atoms with Gasteiger partial charge in [0, 0.05) is 17.3 Å². The van der Waals surface area contributed by atoms with Crippen LogP contribution in [-0.2, 0) is 0 Å². The molecule has 0 amide bonds. The van der Waals surface area contributed by atoms with Gasteiger partial charge in [0.15, 0.2) is 0 Å². The zero-order chi connectivity index (χ0) is 16.5. The van der Waals surface area contributed by atoms with Gasteiger partial charge in [0.05, 0.1) is 11.3 Å². The van der Waals surface area contributed by atoms with E-state index in [4.69, 9.17) is 16.3 Å². The van der Waals surface area contributed by atoms with Gasteiger partial charge in [-0.3, -0.25) is 4.98 Å². The lowest BCUT2D eigenvalue weighted by Gasteiger charge is -2.19. The van der Waals surface area contributed by atoms with Crippen molar-refractivity contribution in [1.82, 2.24) is 10.3 Å². The molecule has 0 aliphatic heterocycles. The number of hydrogen-bond donors (Lipinski definition) is 1. The van der Waals surface area contributed by atoms with Crippen molar-refractivity contribution >= 4 is 11.6 Å². The Bertz CT molecular complexity index is 655. The molecule has 5 heteroatoms. The van der Waals surface area contributed by atoms with Crippen molar-refractivity contribution in [2.45, 2.75) is 25.9 Å². The van der Waals surface area contributed by atoms with E-state index in [1.54, 1.807) is 24.4 Å². The Balaban J connectivity index is 2.17. The lowest BCUT2D eigenvalue weighted by molar-refractivity contribution is 0.186. The molecule has 0 aliphatic carbocycles. The highest BCUT2D eigenvalue weighted by Gasteiger charge is 2.16. The van der Waals surface area contributed by atoms with Crippen LogP contribution in [0.2, 0.25) is 5.02 Å². The Hall–Kier alpha value is -2.09. The Kier molecular flexibility index (Phi) is 6.86. The lowest BCUT2D eigenvalue weighted by atomic mass is 10.1. The van der Waals surface area contributed by atoms with E-state index >= 15 is 0 Å². The minimum absolute atomic E-state index is 0.208. The largest absolute Gasteiger partial charge is 0.483 e. The smallest absolute Gasteiger partial charge is 0.141 e. The Morgan fingerprint density at radius 2 is 2.22 bits per heavy atom. The SMILES string of the molecule is CCNCCCC(Oc1cc(Cl)ccc1C#N)c1ccccn1. The van der Waals surface area contributed by atoms with Crippen molar-refractivity contribution in [3.05, 3.63) is 58.9 Å². The molecule has 1 aromatic carbocycles. The number of nitriles is 1. The summed E-state index contributed by atoms with van der Waals surface area (Å²) >= 11 is 6.03. The van der Waals surface area contributed by atoms with E-state index in [2.05, 4.69) is 23.3 Å². The second kappa shape index (κ2) is 9.14. The first kappa shape index (κ1) is 17.3. The summed E-state index contributed by atoms with van der Waals surface area (Å²) in [6, 6.07) is 12.9. The van der Waals surface area contributed by atoms with E-state index in [0.29, 0.717) is 16.3 Å². The fraction of sp³-hybridized carbons (Fsp3) is 0.333. The molecule has 0 radical (unpaired) electrons. The maximum atomic E-state index is 9.24. The van der Waals surface area contributed by atoms with Crippen LogP contribution in [0.25, 0.3) is 0 Å². The predicted octanol–water partition coefficient (Wildman–Crippen LogP) is 4.12. The Morgan fingerprint density at radius 3 is 2.91 bits per heavy atom. The van der Waals surface area contributed by atoms with Gasteiger partial charge in [-0.15, -0.1) is 0 Å². The van der Waals surface area contributed by atoms with Gasteiger partial charge in [0.25, 0.3) is 0 Å². The molecule has 0 saturated heterocycles. The molecule has 2 rings (SSSR count). The van der Waals surface area contributed by atoms with Crippen LogP contribution in [0.5, 0.6) is 5.75 Å². The summed E-state index contributed by atoms with van der Waals surface area (Å²) < 4.78 is 6.09.